The predicted molar refractivity (Wildman–Crippen MR) is 116 cm³/mol. The molecule has 0 saturated carbocycles. The van der Waals surface area contributed by atoms with Crippen LogP contribution in [0, 0.1) is 23.0 Å². The molecule has 0 bridgehead atoms. The molecule has 2 aromatic rings. The van der Waals surface area contributed by atoms with Crippen LogP contribution in [0.4, 0.5) is 16.5 Å². The Morgan fingerprint density at radius 3 is 2.69 bits per heavy atom. The van der Waals surface area contributed by atoms with Gasteiger partial charge in [-0.15, -0.1) is 11.3 Å². The zero-order valence-corrected chi connectivity index (χ0v) is 18.1. The summed E-state index contributed by atoms with van der Waals surface area (Å²) >= 11 is 1.47. The smallest absolute Gasteiger partial charge is 0.293 e. The highest BCUT2D eigenvalue weighted by molar-refractivity contribution is 7.15. The molecule has 2 heterocycles. The molecule has 1 N–H and O–H groups in total. The number of benzene rings is 1. The van der Waals surface area contributed by atoms with Crippen molar-refractivity contribution < 1.29 is 9.72 Å². The fourth-order valence-electron chi connectivity index (χ4n) is 3.41. The zero-order valence-electron chi connectivity index (χ0n) is 17.3. The van der Waals surface area contributed by atoms with Crippen LogP contribution in [-0.4, -0.2) is 47.9 Å². The molecule has 0 aliphatic carbocycles. The number of nitrogens with one attached hydrogen (secondary N) is 1. The summed E-state index contributed by atoms with van der Waals surface area (Å²) in [6, 6.07) is 4.48. The van der Waals surface area contributed by atoms with E-state index in [4.69, 9.17) is 0 Å². The predicted octanol–water partition coefficient (Wildman–Crippen LogP) is 3.91. The van der Waals surface area contributed by atoms with E-state index in [-0.39, 0.29) is 11.3 Å². The maximum absolute atomic E-state index is 12.6. The number of carbonyl (C=O) groups excluding carboxylic acids is 1. The molecular formula is C20H27N5O3S. The van der Waals surface area contributed by atoms with Gasteiger partial charge in [0, 0.05) is 37.1 Å². The standard InChI is InChI=1S/C20H27N5O3S/c1-13-7-9-24(10-8-13)12-18-14(2)21-20(29-18)22-19(26)15-5-6-16(23(3)4)17(11-15)25(27)28/h5-6,11,13H,7-10,12H2,1-4H3,(H,21,22,26). The molecule has 0 radical (unpaired) electrons. The number of likely N-dealkylation sites (tertiary alicyclic amines) is 1. The molecule has 1 aromatic carbocycles. The summed E-state index contributed by atoms with van der Waals surface area (Å²) in [5.74, 6) is 0.386. The largest absolute Gasteiger partial charge is 0.372 e. The van der Waals surface area contributed by atoms with Crippen molar-refractivity contribution in [2.45, 2.75) is 33.2 Å². The van der Waals surface area contributed by atoms with E-state index in [9.17, 15) is 14.9 Å². The van der Waals surface area contributed by atoms with Gasteiger partial charge < -0.3 is 4.90 Å². The van der Waals surface area contributed by atoms with Gasteiger partial charge in [0.25, 0.3) is 11.6 Å². The van der Waals surface area contributed by atoms with E-state index < -0.39 is 10.8 Å². The van der Waals surface area contributed by atoms with Crippen molar-refractivity contribution in [3.63, 3.8) is 0 Å². The molecule has 156 valence electrons. The van der Waals surface area contributed by atoms with Gasteiger partial charge in [0.05, 0.1) is 10.6 Å². The number of nitrogens with zero attached hydrogens (tertiary/aromatic N) is 4. The number of aromatic nitrogens is 1. The van der Waals surface area contributed by atoms with E-state index >= 15 is 0 Å². The van der Waals surface area contributed by atoms with E-state index in [2.05, 4.69) is 22.1 Å². The summed E-state index contributed by atoms with van der Waals surface area (Å²) in [6.45, 7) is 7.25. The SMILES string of the molecule is Cc1nc(NC(=O)c2ccc(N(C)C)c([N+](=O)[O-])c2)sc1CN1CCC(C)CC1. The number of hydrogen-bond acceptors (Lipinski definition) is 7. The van der Waals surface area contributed by atoms with Crippen molar-refractivity contribution in [1.82, 2.24) is 9.88 Å². The fraction of sp³-hybridized carbons (Fsp3) is 0.500. The van der Waals surface area contributed by atoms with Gasteiger partial charge in [0.2, 0.25) is 0 Å². The molecule has 0 spiro atoms. The average Bonchev–Trinajstić information content (AvgIpc) is 3.01. The maximum atomic E-state index is 12.6. The zero-order chi connectivity index (χ0) is 21.1. The van der Waals surface area contributed by atoms with Crippen LogP contribution in [0.1, 0.15) is 40.7 Å². The summed E-state index contributed by atoms with van der Waals surface area (Å²) in [5.41, 5.74) is 1.51. The van der Waals surface area contributed by atoms with Gasteiger partial charge in [0.1, 0.15) is 5.69 Å². The Hall–Kier alpha value is -2.52. The van der Waals surface area contributed by atoms with Gasteiger partial charge >= 0.3 is 0 Å². The number of piperidine rings is 1. The third-order valence-electron chi connectivity index (χ3n) is 5.27. The number of hydrogen-bond donors (Lipinski definition) is 1. The molecular weight excluding hydrogens is 390 g/mol. The van der Waals surface area contributed by atoms with Crippen LogP contribution in [0.25, 0.3) is 0 Å². The number of aryl methyl sites for hydroxylation is 1. The summed E-state index contributed by atoms with van der Waals surface area (Å²) in [7, 11) is 3.45. The molecule has 9 heteroatoms. The van der Waals surface area contributed by atoms with Crippen molar-refractivity contribution in [3.8, 4) is 0 Å². The van der Waals surface area contributed by atoms with E-state index in [1.54, 1.807) is 31.1 Å². The van der Waals surface area contributed by atoms with E-state index in [0.717, 1.165) is 36.1 Å². The first kappa shape index (κ1) is 21.2. The van der Waals surface area contributed by atoms with Crippen LogP contribution in [0.2, 0.25) is 0 Å². The third-order valence-corrected chi connectivity index (χ3v) is 6.33. The number of thiazole rings is 1. The third kappa shape index (κ3) is 5.10. The molecule has 0 atom stereocenters. The van der Waals surface area contributed by atoms with Crippen LogP contribution in [-0.2, 0) is 6.54 Å². The molecule has 29 heavy (non-hydrogen) atoms. The van der Waals surface area contributed by atoms with Crippen LogP contribution in [0.3, 0.4) is 0 Å². The van der Waals surface area contributed by atoms with Crippen molar-refractivity contribution in [2.75, 3.05) is 37.4 Å². The second-order valence-electron chi connectivity index (χ2n) is 7.80. The molecule has 0 unspecified atom stereocenters. The summed E-state index contributed by atoms with van der Waals surface area (Å²) in [6.07, 6.45) is 2.42. The van der Waals surface area contributed by atoms with Gasteiger partial charge in [-0.05, 0) is 50.9 Å². The fourth-order valence-corrected chi connectivity index (χ4v) is 4.41. The summed E-state index contributed by atoms with van der Waals surface area (Å²) in [4.78, 5) is 33.2. The van der Waals surface area contributed by atoms with Gasteiger partial charge in [-0.25, -0.2) is 4.98 Å². The molecule has 1 amide bonds. The Morgan fingerprint density at radius 2 is 2.07 bits per heavy atom. The lowest BCUT2D eigenvalue weighted by Crippen LogP contribution is -2.32. The summed E-state index contributed by atoms with van der Waals surface area (Å²) in [5, 5.41) is 14.7. The highest BCUT2D eigenvalue weighted by atomic mass is 32.1. The number of carbonyl (C=O) groups is 1. The van der Waals surface area contributed by atoms with Crippen LogP contribution < -0.4 is 10.2 Å². The Bertz CT molecular complexity index is 904. The van der Waals surface area contributed by atoms with Crippen molar-refractivity contribution in [2.24, 2.45) is 5.92 Å². The molecule has 1 fully saturated rings. The Kier molecular flexibility index (Phi) is 6.49. The molecule has 8 nitrogen and oxygen atoms in total. The molecule has 1 aliphatic rings. The van der Waals surface area contributed by atoms with Crippen molar-refractivity contribution in [1.29, 1.82) is 0 Å². The van der Waals surface area contributed by atoms with Crippen LogP contribution in [0.15, 0.2) is 18.2 Å². The molecule has 1 aromatic heterocycles. The Balaban J connectivity index is 1.71. The van der Waals surface area contributed by atoms with Gasteiger partial charge in [0.15, 0.2) is 5.13 Å². The minimum absolute atomic E-state index is 0.0991. The van der Waals surface area contributed by atoms with E-state index in [1.807, 2.05) is 6.92 Å². The van der Waals surface area contributed by atoms with Gasteiger partial charge in [-0.2, -0.15) is 0 Å². The molecule has 3 rings (SSSR count). The minimum atomic E-state index is -0.475. The second-order valence-corrected chi connectivity index (χ2v) is 8.88. The molecule has 1 saturated heterocycles. The number of anilines is 2. The highest BCUT2D eigenvalue weighted by Gasteiger charge is 2.21. The van der Waals surface area contributed by atoms with Gasteiger partial charge in [-0.3, -0.25) is 25.1 Å². The lowest BCUT2D eigenvalue weighted by molar-refractivity contribution is -0.384. The second kappa shape index (κ2) is 8.87. The topological polar surface area (TPSA) is 91.6 Å². The first-order valence-electron chi connectivity index (χ1n) is 9.70. The van der Waals surface area contributed by atoms with E-state index in [0.29, 0.717) is 10.8 Å². The minimum Gasteiger partial charge on any atom is -0.372 e. The summed E-state index contributed by atoms with van der Waals surface area (Å²) < 4.78 is 0. The van der Waals surface area contributed by atoms with Crippen molar-refractivity contribution >= 4 is 33.8 Å². The Morgan fingerprint density at radius 1 is 1.38 bits per heavy atom. The first-order chi connectivity index (χ1) is 13.7. The average molecular weight is 418 g/mol. The number of nitro benzene ring substituents is 1. The van der Waals surface area contributed by atoms with Crippen molar-refractivity contribution in [3.05, 3.63) is 44.4 Å². The van der Waals surface area contributed by atoms with Gasteiger partial charge in [-0.1, -0.05) is 6.92 Å². The number of amides is 1. The first-order valence-corrected chi connectivity index (χ1v) is 10.5. The Labute approximate surface area is 174 Å². The maximum Gasteiger partial charge on any atom is 0.293 e. The lowest BCUT2D eigenvalue weighted by Gasteiger charge is -2.29. The number of nitro groups is 1. The van der Waals surface area contributed by atoms with Crippen LogP contribution >= 0.6 is 11.3 Å². The normalized spacial score (nSPS) is 15.3. The quantitative estimate of drug-likeness (QED) is 0.566. The number of rotatable bonds is 6. The highest BCUT2D eigenvalue weighted by Crippen LogP contribution is 2.29. The van der Waals surface area contributed by atoms with Crippen LogP contribution in [0.5, 0.6) is 0 Å². The molecule has 1 aliphatic heterocycles. The van der Waals surface area contributed by atoms with E-state index in [1.165, 1.54) is 30.2 Å². The lowest BCUT2D eigenvalue weighted by atomic mass is 9.99. The monoisotopic (exact) mass is 417 g/mol.